The van der Waals surface area contributed by atoms with Crippen molar-refractivity contribution in [2.75, 3.05) is 33.4 Å². The molecule has 2 aromatic carbocycles. The average molecular weight is 561 g/mol. The molecular formula is C27H29ClN2O5S2. The van der Waals surface area contributed by atoms with Crippen molar-refractivity contribution in [3.05, 3.63) is 75.4 Å². The second-order valence-electron chi connectivity index (χ2n) is 9.34. The van der Waals surface area contributed by atoms with Gasteiger partial charge >= 0.3 is 0 Å². The molecule has 2 heterocycles. The van der Waals surface area contributed by atoms with Crippen molar-refractivity contribution in [3.8, 4) is 11.5 Å². The Morgan fingerprint density at radius 3 is 2.62 bits per heavy atom. The summed E-state index contributed by atoms with van der Waals surface area (Å²) in [5.41, 5.74) is 1.06. The summed E-state index contributed by atoms with van der Waals surface area (Å²) >= 11 is 7.65. The van der Waals surface area contributed by atoms with E-state index in [1.165, 1.54) is 21.3 Å². The lowest BCUT2D eigenvalue weighted by Gasteiger charge is -2.37. The normalized spacial score (nSPS) is 17.5. The van der Waals surface area contributed by atoms with Crippen LogP contribution in [0.3, 0.4) is 0 Å². The first-order valence-electron chi connectivity index (χ1n) is 12.2. The zero-order valence-electron chi connectivity index (χ0n) is 20.5. The van der Waals surface area contributed by atoms with Crippen LogP contribution in [0.15, 0.2) is 64.9 Å². The zero-order valence-corrected chi connectivity index (χ0v) is 22.9. The minimum Gasteiger partial charge on any atom is -0.497 e. The number of hydrogen-bond acceptors (Lipinski definition) is 6. The maximum absolute atomic E-state index is 13.7. The van der Waals surface area contributed by atoms with Crippen molar-refractivity contribution < 1.29 is 22.7 Å². The highest BCUT2D eigenvalue weighted by atomic mass is 35.5. The molecule has 196 valence electrons. The smallest absolute Gasteiger partial charge is 0.243 e. The third-order valence-corrected chi connectivity index (χ3v) is 9.86. The standard InChI is InChI=1S/C27H29ClN2O5S2/c1-34-21-3-2-4-22(15-21)35-18-25-24-12-14-36-26(24)11-13-30(25)27(31)17-29(16-19-5-6-19)37(32,33)23-9-7-20(28)8-10-23/h2-4,7-10,12,14-15,19,25H,5-6,11,13,16-18H2,1H3/t25-/m1/s1. The molecule has 1 amide bonds. The van der Waals surface area contributed by atoms with Gasteiger partial charge in [-0.2, -0.15) is 4.31 Å². The first-order valence-corrected chi connectivity index (χ1v) is 14.9. The Balaban J connectivity index is 1.37. The van der Waals surface area contributed by atoms with Crippen molar-refractivity contribution in [1.82, 2.24) is 9.21 Å². The molecule has 1 aliphatic heterocycles. The number of benzene rings is 2. The highest BCUT2D eigenvalue weighted by Gasteiger charge is 2.37. The first kappa shape index (κ1) is 26.0. The molecule has 1 saturated carbocycles. The molecule has 0 saturated heterocycles. The average Bonchev–Trinajstić information content (AvgIpc) is 3.59. The number of amides is 1. The minimum absolute atomic E-state index is 0.141. The van der Waals surface area contributed by atoms with Gasteiger partial charge in [0.05, 0.1) is 24.6 Å². The molecule has 1 fully saturated rings. The third kappa shape index (κ3) is 5.95. The maximum Gasteiger partial charge on any atom is 0.243 e. The first-order chi connectivity index (χ1) is 17.8. The molecule has 5 rings (SSSR count). The quantitative estimate of drug-likeness (QED) is 0.348. The molecule has 0 unspecified atom stereocenters. The maximum atomic E-state index is 13.7. The second-order valence-corrected chi connectivity index (χ2v) is 12.7. The van der Waals surface area contributed by atoms with E-state index in [2.05, 4.69) is 0 Å². The van der Waals surface area contributed by atoms with Crippen LogP contribution in [0.25, 0.3) is 0 Å². The Hall–Kier alpha value is -2.59. The Morgan fingerprint density at radius 2 is 1.89 bits per heavy atom. The molecule has 1 aliphatic carbocycles. The Kier molecular flexibility index (Phi) is 7.76. The number of hydrogen-bond donors (Lipinski definition) is 0. The molecule has 1 atom stereocenters. The molecule has 0 radical (unpaired) electrons. The van der Waals surface area contributed by atoms with E-state index in [0.29, 0.717) is 29.6 Å². The van der Waals surface area contributed by atoms with E-state index < -0.39 is 10.0 Å². The summed E-state index contributed by atoms with van der Waals surface area (Å²) in [5.74, 6) is 1.39. The van der Waals surface area contributed by atoms with Gasteiger partial charge in [0.1, 0.15) is 18.1 Å². The van der Waals surface area contributed by atoms with E-state index in [1.54, 1.807) is 41.5 Å². The number of sulfonamides is 1. The summed E-state index contributed by atoms with van der Waals surface area (Å²) in [5, 5.41) is 2.49. The van der Waals surface area contributed by atoms with Gasteiger partial charge in [-0.3, -0.25) is 4.79 Å². The number of nitrogens with zero attached hydrogens (tertiary/aromatic N) is 2. The van der Waals surface area contributed by atoms with E-state index >= 15 is 0 Å². The van der Waals surface area contributed by atoms with Crippen LogP contribution in [0.4, 0.5) is 0 Å². The van der Waals surface area contributed by atoms with Crippen LogP contribution in [0.1, 0.15) is 29.3 Å². The molecule has 0 spiro atoms. The molecule has 0 N–H and O–H groups in total. The highest BCUT2D eigenvalue weighted by Crippen LogP contribution is 2.35. The molecule has 0 bridgehead atoms. The number of halogens is 1. The number of carbonyl (C=O) groups excluding carboxylic acids is 1. The topological polar surface area (TPSA) is 76.2 Å². The largest absolute Gasteiger partial charge is 0.497 e. The molecule has 2 aliphatic rings. The Morgan fingerprint density at radius 1 is 1.14 bits per heavy atom. The summed E-state index contributed by atoms with van der Waals surface area (Å²) in [4.78, 5) is 16.9. The fourth-order valence-electron chi connectivity index (χ4n) is 4.57. The molecule has 37 heavy (non-hydrogen) atoms. The van der Waals surface area contributed by atoms with E-state index in [0.717, 1.165) is 24.8 Å². The van der Waals surface area contributed by atoms with Gasteiger partial charge in [-0.05, 0) is 78.6 Å². The summed E-state index contributed by atoms with van der Waals surface area (Å²) in [7, 11) is -2.25. The molecule has 1 aromatic heterocycles. The number of methoxy groups -OCH3 is 1. The Bertz CT molecular complexity index is 1360. The van der Waals surface area contributed by atoms with Crippen molar-refractivity contribution in [2.24, 2.45) is 5.92 Å². The van der Waals surface area contributed by atoms with E-state index in [4.69, 9.17) is 21.1 Å². The highest BCUT2D eigenvalue weighted by molar-refractivity contribution is 7.89. The van der Waals surface area contributed by atoms with Crippen LogP contribution in [0.5, 0.6) is 11.5 Å². The lowest BCUT2D eigenvalue weighted by Crippen LogP contribution is -2.48. The van der Waals surface area contributed by atoms with Gasteiger partial charge in [0.15, 0.2) is 0 Å². The van der Waals surface area contributed by atoms with Gasteiger partial charge in [-0.1, -0.05) is 17.7 Å². The number of fused-ring (bicyclic) bond motifs is 1. The number of thiophene rings is 1. The zero-order chi connectivity index (χ0) is 26.0. The monoisotopic (exact) mass is 560 g/mol. The predicted molar refractivity (Wildman–Crippen MR) is 144 cm³/mol. The van der Waals surface area contributed by atoms with Gasteiger partial charge < -0.3 is 14.4 Å². The fraction of sp³-hybridized carbons (Fsp3) is 0.370. The lowest BCUT2D eigenvalue weighted by molar-refractivity contribution is -0.135. The predicted octanol–water partition coefficient (Wildman–Crippen LogP) is 5.02. The number of ether oxygens (including phenoxy) is 2. The van der Waals surface area contributed by atoms with Crippen molar-refractivity contribution in [2.45, 2.75) is 30.2 Å². The van der Waals surface area contributed by atoms with Gasteiger partial charge in [-0.15, -0.1) is 11.3 Å². The Labute approximate surface area is 226 Å². The SMILES string of the molecule is COc1cccc(OC[C@@H]2c3ccsc3CCN2C(=O)CN(CC2CC2)S(=O)(=O)c2ccc(Cl)cc2)c1. The van der Waals surface area contributed by atoms with Crippen molar-refractivity contribution >= 4 is 38.9 Å². The van der Waals surface area contributed by atoms with E-state index in [1.807, 2.05) is 29.6 Å². The van der Waals surface area contributed by atoms with Gasteiger partial charge in [0, 0.05) is 29.1 Å². The van der Waals surface area contributed by atoms with Crippen LogP contribution >= 0.6 is 22.9 Å². The number of carbonyl (C=O) groups is 1. The van der Waals surface area contributed by atoms with Crippen LogP contribution < -0.4 is 9.47 Å². The molecule has 7 nitrogen and oxygen atoms in total. The van der Waals surface area contributed by atoms with E-state index in [-0.39, 0.29) is 35.9 Å². The van der Waals surface area contributed by atoms with Crippen LogP contribution in [-0.2, 0) is 21.2 Å². The summed E-state index contributed by atoms with van der Waals surface area (Å²) in [6.45, 7) is 0.891. The number of rotatable bonds is 10. The third-order valence-electron chi connectivity index (χ3n) is 6.79. The molecule has 10 heteroatoms. The van der Waals surface area contributed by atoms with Gasteiger partial charge in [0.2, 0.25) is 15.9 Å². The lowest BCUT2D eigenvalue weighted by atomic mass is 10.0. The van der Waals surface area contributed by atoms with Crippen LogP contribution in [-0.4, -0.2) is 56.9 Å². The summed E-state index contributed by atoms with van der Waals surface area (Å²) < 4.78 is 39.8. The second kappa shape index (κ2) is 11.0. The summed E-state index contributed by atoms with van der Waals surface area (Å²) in [6, 6.07) is 15.2. The molecular weight excluding hydrogens is 532 g/mol. The minimum atomic E-state index is -3.85. The fourth-order valence-corrected chi connectivity index (χ4v) is 7.09. The van der Waals surface area contributed by atoms with Crippen LogP contribution in [0, 0.1) is 5.92 Å². The van der Waals surface area contributed by atoms with Gasteiger partial charge in [0.25, 0.3) is 0 Å². The van der Waals surface area contributed by atoms with Gasteiger partial charge in [-0.25, -0.2) is 8.42 Å². The van der Waals surface area contributed by atoms with E-state index in [9.17, 15) is 13.2 Å². The van der Waals surface area contributed by atoms with Crippen LogP contribution in [0.2, 0.25) is 5.02 Å². The van der Waals surface area contributed by atoms with Crippen molar-refractivity contribution in [3.63, 3.8) is 0 Å². The summed E-state index contributed by atoms with van der Waals surface area (Å²) in [6.07, 6.45) is 2.68. The van der Waals surface area contributed by atoms with Crippen molar-refractivity contribution in [1.29, 1.82) is 0 Å². The molecule has 3 aromatic rings.